The van der Waals surface area contributed by atoms with E-state index in [4.69, 9.17) is 0 Å². The van der Waals surface area contributed by atoms with Gasteiger partial charge >= 0.3 is 0 Å². The van der Waals surface area contributed by atoms with Gasteiger partial charge in [0.2, 0.25) is 5.95 Å². The standard InChI is InChI=1S/C12H15N3/c1-3-10-6-4-5-7-11(10)15-9-8-14-12(15)13-2/h4-9H,3H2,1-2H3,(H,13,14). The quantitative estimate of drug-likeness (QED) is 0.826. The van der Waals surface area contributed by atoms with Crippen LogP contribution in [0.2, 0.25) is 0 Å². The number of para-hydroxylation sites is 1. The van der Waals surface area contributed by atoms with E-state index in [1.807, 2.05) is 19.3 Å². The minimum atomic E-state index is 0.871. The highest BCUT2D eigenvalue weighted by molar-refractivity contribution is 5.47. The van der Waals surface area contributed by atoms with Gasteiger partial charge in [-0.15, -0.1) is 0 Å². The van der Waals surface area contributed by atoms with Crippen molar-refractivity contribution < 1.29 is 0 Å². The van der Waals surface area contributed by atoms with E-state index >= 15 is 0 Å². The summed E-state index contributed by atoms with van der Waals surface area (Å²) in [6, 6.07) is 8.38. The van der Waals surface area contributed by atoms with E-state index in [2.05, 4.69) is 40.0 Å². The van der Waals surface area contributed by atoms with E-state index in [9.17, 15) is 0 Å². The normalized spacial score (nSPS) is 10.3. The minimum Gasteiger partial charge on any atom is -0.358 e. The van der Waals surface area contributed by atoms with Gasteiger partial charge in [-0.05, 0) is 18.1 Å². The molecule has 0 amide bonds. The molecule has 0 atom stereocenters. The Bertz CT molecular complexity index is 446. The zero-order chi connectivity index (χ0) is 10.7. The van der Waals surface area contributed by atoms with Gasteiger partial charge in [0, 0.05) is 19.4 Å². The molecular weight excluding hydrogens is 186 g/mol. The molecule has 0 aliphatic rings. The summed E-state index contributed by atoms with van der Waals surface area (Å²) in [7, 11) is 1.88. The van der Waals surface area contributed by atoms with Crippen molar-refractivity contribution in [2.24, 2.45) is 0 Å². The Kier molecular flexibility index (Phi) is 2.72. The molecule has 1 N–H and O–H groups in total. The highest BCUT2D eigenvalue weighted by atomic mass is 15.2. The van der Waals surface area contributed by atoms with Gasteiger partial charge < -0.3 is 5.32 Å². The van der Waals surface area contributed by atoms with E-state index in [1.54, 1.807) is 6.20 Å². The zero-order valence-electron chi connectivity index (χ0n) is 9.07. The van der Waals surface area contributed by atoms with Crippen LogP contribution < -0.4 is 5.32 Å². The number of hydrogen-bond donors (Lipinski definition) is 1. The van der Waals surface area contributed by atoms with E-state index in [0.29, 0.717) is 0 Å². The summed E-state index contributed by atoms with van der Waals surface area (Å²) in [6.45, 7) is 2.16. The molecule has 15 heavy (non-hydrogen) atoms. The maximum Gasteiger partial charge on any atom is 0.207 e. The molecule has 0 bridgehead atoms. The molecule has 0 spiro atoms. The van der Waals surface area contributed by atoms with Gasteiger partial charge in [-0.3, -0.25) is 4.57 Å². The number of aromatic nitrogens is 2. The van der Waals surface area contributed by atoms with Gasteiger partial charge in [-0.2, -0.15) is 0 Å². The summed E-state index contributed by atoms with van der Waals surface area (Å²) < 4.78 is 2.07. The van der Waals surface area contributed by atoms with E-state index < -0.39 is 0 Å². The van der Waals surface area contributed by atoms with Gasteiger partial charge in [0.25, 0.3) is 0 Å². The lowest BCUT2D eigenvalue weighted by atomic mass is 10.1. The summed E-state index contributed by atoms with van der Waals surface area (Å²) in [6.07, 6.45) is 4.80. The topological polar surface area (TPSA) is 29.9 Å². The number of nitrogens with one attached hydrogen (secondary N) is 1. The van der Waals surface area contributed by atoms with Crippen molar-refractivity contribution in [1.29, 1.82) is 0 Å². The first kappa shape index (κ1) is 9.77. The third-order valence-electron chi connectivity index (χ3n) is 2.50. The average Bonchev–Trinajstić information content (AvgIpc) is 2.76. The Labute approximate surface area is 89.8 Å². The molecule has 0 aliphatic heterocycles. The van der Waals surface area contributed by atoms with Crippen LogP contribution >= 0.6 is 0 Å². The molecule has 0 saturated carbocycles. The number of benzene rings is 1. The Morgan fingerprint density at radius 2 is 2.13 bits per heavy atom. The summed E-state index contributed by atoms with van der Waals surface area (Å²) in [4.78, 5) is 4.24. The molecule has 1 aromatic carbocycles. The Hall–Kier alpha value is -1.77. The molecule has 0 saturated heterocycles. The molecule has 1 aromatic heterocycles. The van der Waals surface area contributed by atoms with Crippen molar-refractivity contribution in [2.75, 3.05) is 12.4 Å². The Balaban J connectivity index is 2.53. The first-order valence-electron chi connectivity index (χ1n) is 5.16. The van der Waals surface area contributed by atoms with Gasteiger partial charge in [-0.1, -0.05) is 25.1 Å². The number of rotatable bonds is 3. The van der Waals surface area contributed by atoms with Crippen LogP contribution in [0.5, 0.6) is 0 Å². The molecule has 78 valence electrons. The van der Waals surface area contributed by atoms with Gasteiger partial charge in [0.1, 0.15) is 0 Å². The highest BCUT2D eigenvalue weighted by Gasteiger charge is 2.05. The van der Waals surface area contributed by atoms with Crippen molar-refractivity contribution >= 4 is 5.95 Å². The Morgan fingerprint density at radius 3 is 2.87 bits per heavy atom. The number of nitrogens with zero attached hydrogens (tertiary/aromatic N) is 2. The third-order valence-corrected chi connectivity index (χ3v) is 2.50. The van der Waals surface area contributed by atoms with Crippen LogP contribution in [0.25, 0.3) is 5.69 Å². The predicted molar refractivity (Wildman–Crippen MR) is 62.5 cm³/mol. The van der Waals surface area contributed by atoms with Crippen molar-refractivity contribution in [3.63, 3.8) is 0 Å². The first-order valence-corrected chi connectivity index (χ1v) is 5.16. The van der Waals surface area contributed by atoms with Crippen LogP contribution in [-0.4, -0.2) is 16.6 Å². The second-order valence-corrected chi connectivity index (χ2v) is 3.35. The third kappa shape index (κ3) is 1.73. The van der Waals surface area contributed by atoms with E-state index in [0.717, 1.165) is 12.4 Å². The molecule has 2 aromatic rings. The summed E-state index contributed by atoms with van der Waals surface area (Å²) >= 11 is 0. The number of imidazole rings is 1. The second-order valence-electron chi connectivity index (χ2n) is 3.35. The van der Waals surface area contributed by atoms with Crippen LogP contribution in [0.15, 0.2) is 36.7 Å². The molecule has 3 nitrogen and oxygen atoms in total. The molecule has 2 rings (SSSR count). The SMILES string of the molecule is CCc1ccccc1-n1ccnc1NC. The lowest BCUT2D eigenvalue weighted by Crippen LogP contribution is -2.03. The van der Waals surface area contributed by atoms with Gasteiger partial charge in [0.15, 0.2) is 0 Å². The molecule has 0 radical (unpaired) electrons. The average molecular weight is 201 g/mol. The van der Waals surface area contributed by atoms with Gasteiger partial charge in [-0.25, -0.2) is 4.98 Å². The molecule has 0 unspecified atom stereocenters. The Morgan fingerprint density at radius 1 is 1.33 bits per heavy atom. The fraction of sp³-hybridized carbons (Fsp3) is 0.250. The van der Waals surface area contributed by atoms with Gasteiger partial charge in [0.05, 0.1) is 5.69 Å². The fourth-order valence-corrected chi connectivity index (χ4v) is 1.73. The highest BCUT2D eigenvalue weighted by Crippen LogP contribution is 2.18. The van der Waals surface area contributed by atoms with Crippen molar-refractivity contribution in [3.05, 3.63) is 42.2 Å². The lowest BCUT2D eigenvalue weighted by molar-refractivity contribution is 1.00. The second kappa shape index (κ2) is 4.17. The first-order chi connectivity index (χ1) is 7.36. The summed E-state index contributed by atoms with van der Waals surface area (Å²) in [5.41, 5.74) is 2.52. The smallest absolute Gasteiger partial charge is 0.207 e. The number of hydrogen-bond acceptors (Lipinski definition) is 2. The summed E-state index contributed by atoms with van der Waals surface area (Å²) in [5.74, 6) is 0.871. The fourth-order valence-electron chi connectivity index (χ4n) is 1.73. The maximum absolute atomic E-state index is 4.24. The zero-order valence-corrected chi connectivity index (χ0v) is 9.07. The van der Waals surface area contributed by atoms with Crippen LogP contribution in [0.4, 0.5) is 5.95 Å². The van der Waals surface area contributed by atoms with Crippen LogP contribution in [0, 0.1) is 0 Å². The van der Waals surface area contributed by atoms with Crippen molar-refractivity contribution in [2.45, 2.75) is 13.3 Å². The monoisotopic (exact) mass is 201 g/mol. The molecular formula is C12H15N3. The van der Waals surface area contributed by atoms with Crippen LogP contribution in [-0.2, 0) is 6.42 Å². The largest absolute Gasteiger partial charge is 0.358 e. The van der Waals surface area contributed by atoms with Crippen molar-refractivity contribution in [3.8, 4) is 5.69 Å². The van der Waals surface area contributed by atoms with Crippen LogP contribution in [0.1, 0.15) is 12.5 Å². The van der Waals surface area contributed by atoms with E-state index in [1.165, 1.54) is 11.3 Å². The summed E-state index contributed by atoms with van der Waals surface area (Å²) in [5, 5.41) is 3.08. The number of anilines is 1. The molecule has 3 heteroatoms. The maximum atomic E-state index is 4.24. The minimum absolute atomic E-state index is 0.871. The predicted octanol–water partition coefficient (Wildman–Crippen LogP) is 2.48. The molecule has 1 heterocycles. The molecule has 0 fully saturated rings. The lowest BCUT2D eigenvalue weighted by Gasteiger charge is -2.11. The van der Waals surface area contributed by atoms with Crippen LogP contribution in [0.3, 0.4) is 0 Å². The molecule has 0 aliphatic carbocycles. The number of aryl methyl sites for hydroxylation is 1. The van der Waals surface area contributed by atoms with Crippen molar-refractivity contribution in [1.82, 2.24) is 9.55 Å². The van der Waals surface area contributed by atoms with E-state index in [-0.39, 0.29) is 0 Å².